The molecule has 1 aromatic carbocycles. The van der Waals surface area contributed by atoms with Gasteiger partial charge in [-0.05, 0) is 50.3 Å². The fourth-order valence-electron chi connectivity index (χ4n) is 2.93. The molecule has 1 aliphatic heterocycles. The Morgan fingerprint density at radius 2 is 1.83 bits per heavy atom. The Bertz CT molecular complexity index is 594. The van der Waals surface area contributed by atoms with Crippen LogP contribution in [0.1, 0.15) is 41.6 Å². The number of halogens is 1. The lowest BCUT2D eigenvalue weighted by molar-refractivity contribution is -0.123. The van der Waals surface area contributed by atoms with E-state index in [9.17, 15) is 9.59 Å². The molecule has 2 amide bonds. The summed E-state index contributed by atoms with van der Waals surface area (Å²) < 4.78 is 0. The van der Waals surface area contributed by atoms with Crippen LogP contribution in [0.3, 0.4) is 0 Å². The first-order chi connectivity index (χ1) is 10.5. The van der Waals surface area contributed by atoms with Crippen LogP contribution >= 0.6 is 12.4 Å². The van der Waals surface area contributed by atoms with Crippen LogP contribution in [0.4, 0.5) is 5.69 Å². The number of anilines is 1. The van der Waals surface area contributed by atoms with Gasteiger partial charge >= 0.3 is 0 Å². The number of nitrogens with two attached hydrogens (primary N) is 1. The zero-order chi connectivity index (χ0) is 15.7. The van der Waals surface area contributed by atoms with E-state index in [-0.39, 0.29) is 36.2 Å². The predicted octanol–water partition coefficient (Wildman–Crippen LogP) is 2.13. The van der Waals surface area contributed by atoms with Crippen LogP contribution in [0.15, 0.2) is 18.2 Å². The second-order valence-electron chi connectivity index (χ2n) is 6.42. The first kappa shape index (κ1) is 17.6. The van der Waals surface area contributed by atoms with Crippen molar-refractivity contribution in [2.24, 2.45) is 5.92 Å². The molecule has 0 bridgehead atoms. The van der Waals surface area contributed by atoms with Gasteiger partial charge in [-0.1, -0.05) is 6.07 Å². The van der Waals surface area contributed by atoms with E-state index in [1.165, 1.54) is 0 Å². The van der Waals surface area contributed by atoms with Crippen LogP contribution < -0.4 is 11.1 Å². The third-order valence-corrected chi connectivity index (χ3v) is 4.57. The van der Waals surface area contributed by atoms with Gasteiger partial charge in [-0.15, -0.1) is 12.4 Å². The van der Waals surface area contributed by atoms with Crippen LogP contribution in [-0.4, -0.2) is 35.8 Å². The van der Waals surface area contributed by atoms with Crippen LogP contribution in [0.25, 0.3) is 0 Å². The minimum atomic E-state index is 0. The molecule has 0 unspecified atom stereocenters. The zero-order valence-electron chi connectivity index (χ0n) is 13.4. The van der Waals surface area contributed by atoms with Crippen molar-refractivity contribution in [2.45, 2.75) is 38.6 Å². The molecule has 2 aliphatic rings. The van der Waals surface area contributed by atoms with Gasteiger partial charge in [-0.3, -0.25) is 9.59 Å². The number of nitrogens with one attached hydrogen (secondary N) is 1. The fraction of sp³-hybridized carbons (Fsp3) is 0.529. The topological polar surface area (TPSA) is 75.4 Å². The van der Waals surface area contributed by atoms with E-state index < -0.39 is 0 Å². The first-order valence-electron chi connectivity index (χ1n) is 8.00. The summed E-state index contributed by atoms with van der Waals surface area (Å²) >= 11 is 0. The van der Waals surface area contributed by atoms with E-state index >= 15 is 0 Å². The number of likely N-dealkylation sites (tertiary alicyclic amines) is 1. The first-order valence-corrected chi connectivity index (χ1v) is 8.00. The van der Waals surface area contributed by atoms with Crippen molar-refractivity contribution < 1.29 is 9.59 Å². The molecule has 1 heterocycles. The van der Waals surface area contributed by atoms with Gasteiger partial charge in [0.25, 0.3) is 5.91 Å². The summed E-state index contributed by atoms with van der Waals surface area (Å²) in [6.45, 7) is 3.29. The van der Waals surface area contributed by atoms with Crippen LogP contribution in [0.5, 0.6) is 0 Å². The molecule has 6 heteroatoms. The third-order valence-electron chi connectivity index (χ3n) is 4.57. The second-order valence-corrected chi connectivity index (χ2v) is 6.42. The van der Waals surface area contributed by atoms with Gasteiger partial charge in [-0.2, -0.15) is 0 Å². The molecule has 1 aromatic rings. The normalized spacial score (nSPS) is 18.2. The molecule has 5 nitrogen and oxygen atoms in total. The highest BCUT2D eigenvalue weighted by Crippen LogP contribution is 2.29. The molecule has 2 fully saturated rings. The predicted molar refractivity (Wildman–Crippen MR) is 92.6 cm³/mol. The van der Waals surface area contributed by atoms with E-state index in [0.29, 0.717) is 24.3 Å². The molecule has 3 rings (SSSR count). The smallest absolute Gasteiger partial charge is 0.254 e. The molecule has 126 valence electrons. The molecular formula is C17H24ClN3O2. The monoisotopic (exact) mass is 337 g/mol. The lowest BCUT2D eigenvalue weighted by Gasteiger charge is -2.32. The van der Waals surface area contributed by atoms with Crippen molar-refractivity contribution in [3.63, 3.8) is 0 Å². The standard InChI is InChI=1S/C17H23N3O2.ClH/c1-11-2-5-13(18)10-15(11)17(22)20-8-6-14(7-9-20)19-16(21)12-3-4-12;/h2,5,10,12,14H,3-4,6-9,18H2,1H3,(H,19,21);1H. The van der Waals surface area contributed by atoms with Crippen LogP contribution in [0.2, 0.25) is 0 Å². The summed E-state index contributed by atoms with van der Waals surface area (Å²) in [4.78, 5) is 26.3. The second kappa shape index (κ2) is 7.21. The van der Waals surface area contributed by atoms with E-state index in [4.69, 9.17) is 5.73 Å². The van der Waals surface area contributed by atoms with Gasteiger partial charge in [0.05, 0.1) is 0 Å². The maximum atomic E-state index is 12.6. The molecule has 1 saturated heterocycles. The van der Waals surface area contributed by atoms with Crippen molar-refractivity contribution in [1.82, 2.24) is 10.2 Å². The molecule has 0 atom stereocenters. The lowest BCUT2D eigenvalue weighted by atomic mass is 10.0. The highest BCUT2D eigenvalue weighted by Gasteiger charge is 2.32. The van der Waals surface area contributed by atoms with E-state index in [0.717, 1.165) is 31.2 Å². The summed E-state index contributed by atoms with van der Waals surface area (Å²) in [5.74, 6) is 0.475. The Balaban J connectivity index is 0.00000192. The Hall–Kier alpha value is -1.75. The summed E-state index contributed by atoms with van der Waals surface area (Å²) in [5, 5.41) is 3.10. The Morgan fingerprint density at radius 1 is 1.17 bits per heavy atom. The Labute approximate surface area is 143 Å². The average Bonchev–Trinajstić information content (AvgIpc) is 3.34. The summed E-state index contributed by atoms with van der Waals surface area (Å²) in [5.41, 5.74) is 8.03. The van der Waals surface area contributed by atoms with Crippen molar-refractivity contribution in [2.75, 3.05) is 18.8 Å². The summed E-state index contributed by atoms with van der Waals surface area (Å²) in [6, 6.07) is 5.65. The van der Waals surface area contributed by atoms with Gasteiger partial charge in [0.15, 0.2) is 0 Å². The minimum Gasteiger partial charge on any atom is -0.399 e. The van der Waals surface area contributed by atoms with Crippen LogP contribution in [0, 0.1) is 12.8 Å². The number of nitrogens with zero attached hydrogens (tertiary/aromatic N) is 1. The maximum Gasteiger partial charge on any atom is 0.254 e. The number of nitrogen functional groups attached to an aromatic ring is 1. The van der Waals surface area contributed by atoms with Gasteiger partial charge in [0, 0.05) is 36.3 Å². The molecule has 0 radical (unpaired) electrons. The Morgan fingerprint density at radius 3 is 2.43 bits per heavy atom. The number of rotatable bonds is 3. The zero-order valence-corrected chi connectivity index (χ0v) is 14.2. The lowest BCUT2D eigenvalue weighted by Crippen LogP contribution is -2.47. The molecule has 0 aromatic heterocycles. The summed E-state index contributed by atoms with van der Waals surface area (Å²) in [6.07, 6.45) is 3.70. The highest BCUT2D eigenvalue weighted by molar-refractivity contribution is 5.96. The average molecular weight is 338 g/mol. The third kappa shape index (κ3) is 4.16. The maximum absolute atomic E-state index is 12.6. The fourth-order valence-corrected chi connectivity index (χ4v) is 2.93. The largest absolute Gasteiger partial charge is 0.399 e. The number of carbonyl (C=O) groups excluding carboxylic acids is 2. The summed E-state index contributed by atoms with van der Waals surface area (Å²) in [7, 11) is 0. The number of hydrogen-bond donors (Lipinski definition) is 2. The minimum absolute atomic E-state index is 0. The number of benzene rings is 1. The van der Waals surface area contributed by atoms with E-state index in [1.54, 1.807) is 6.07 Å². The molecule has 3 N–H and O–H groups in total. The van der Waals surface area contributed by atoms with Gasteiger partial charge in [0.2, 0.25) is 5.91 Å². The van der Waals surface area contributed by atoms with Crippen LogP contribution in [-0.2, 0) is 4.79 Å². The number of amides is 2. The van der Waals surface area contributed by atoms with Gasteiger partial charge in [-0.25, -0.2) is 0 Å². The molecule has 1 aliphatic carbocycles. The highest BCUT2D eigenvalue weighted by atomic mass is 35.5. The van der Waals surface area contributed by atoms with Crippen molar-refractivity contribution in [3.8, 4) is 0 Å². The SMILES string of the molecule is Cc1ccc(N)cc1C(=O)N1CCC(NC(=O)C2CC2)CC1.Cl. The number of piperidine rings is 1. The molecule has 1 saturated carbocycles. The van der Waals surface area contributed by atoms with E-state index in [1.807, 2.05) is 24.0 Å². The quantitative estimate of drug-likeness (QED) is 0.830. The Kier molecular flexibility index (Phi) is 5.52. The number of carbonyl (C=O) groups is 2. The van der Waals surface area contributed by atoms with Crippen molar-refractivity contribution in [3.05, 3.63) is 29.3 Å². The van der Waals surface area contributed by atoms with Gasteiger partial charge < -0.3 is 16.0 Å². The number of hydrogen-bond acceptors (Lipinski definition) is 3. The van der Waals surface area contributed by atoms with Gasteiger partial charge in [0.1, 0.15) is 0 Å². The van der Waals surface area contributed by atoms with Crippen molar-refractivity contribution in [1.29, 1.82) is 0 Å². The van der Waals surface area contributed by atoms with E-state index in [2.05, 4.69) is 5.32 Å². The van der Waals surface area contributed by atoms with Crippen molar-refractivity contribution >= 4 is 29.9 Å². The molecule has 0 spiro atoms. The molecule has 23 heavy (non-hydrogen) atoms. The molecular weight excluding hydrogens is 314 g/mol. The number of aryl methyl sites for hydroxylation is 1.